The zero-order valence-corrected chi connectivity index (χ0v) is 12.9. The molecule has 1 aromatic heterocycles. The van der Waals surface area contributed by atoms with Gasteiger partial charge in [0.1, 0.15) is 0 Å². The molecule has 4 heteroatoms. The molecular formula is C19H18N2O2. The van der Waals surface area contributed by atoms with Crippen molar-refractivity contribution in [2.45, 2.75) is 12.5 Å². The average molecular weight is 306 g/mol. The Morgan fingerprint density at radius 3 is 2.39 bits per heavy atom. The highest BCUT2D eigenvalue weighted by molar-refractivity contribution is 5.72. The molecule has 1 heterocycles. The number of imidazole rings is 1. The molecule has 0 fully saturated rings. The van der Waals surface area contributed by atoms with Crippen LogP contribution >= 0.6 is 0 Å². The van der Waals surface area contributed by atoms with Crippen LogP contribution in [0.2, 0.25) is 0 Å². The first-order valence-corrected chi connectivity index (χ1v) is 7.46. The fourth-order valence-electron chi connectivity index (χ4n) is 2.65. The van der Waals surface area contributed by atoms with Crippen LogP contribution in [0, 0.1) is 0 Å². The van der Waals surface area contributed by atoms with Crippen molar-refractivity contribution in [1.82, 2.24) is 9.55 Å². The lowest BCUT2D eigenvalue weighted by Gasteiger charge is -2.20. The Morgan fingerprint density at radius 1 is 1.09 bits per heavy atom. The number of methoxy groups -OCH3 is 1. The van der Waals surface area contributed by atoms with E-state index in [0.29, 0.717) is 0 Å². The SMILES string of the molecule is COC(=O)Cc1ccc(C(c2ccccc2)n2ccnc2)cc1. The van der Waals surface area contributed by atoms with Crippen LogP contribution in [0.15, 0.2) is 73.3 Å². The topological polar surface area (TPSA) is 44.1 Å². The van der Waals surface area contributed by atoms with Crippen LogP contribution in [0.4, 0.5) is 0 Å². The molecule has 1 atom stereocenters. The fourth-order valence-corrected chi connectivity index (χ4v) is 2.65. The molecule has 0 bridgehead atoms. The maximum atomic E-state index is 11.4. The third-order valence-electron chi connectivity index (χ3n) is 3.81. The summed E-state index contributed by atoms with van der Waals surface area (Å²) in [6.07, 6.45) is 5.85. The third kappa shape index (κ3) is 3.48. The lowest BCUT2D eigenvalue weighted by atomic mass is 9.97. The molecule has 0 amide bonds. The molecule has 4 nitrogen and oxygen atoms in total. The summed E-state index contributed by atoms with van der Waals surface area (Å²) in [6.45, 7) is 0. The van der Waals surface area contributed by atoms with Crippen LogP contribution in [0.5, 0.6) is 0 Å². The van der Waals surface area contributed by atoms with Crippen LogP contribution in [-0.2, 0) is 16.0 Å². The van der Waals surface area contributed by atoms with Gasteiger partial charge in [-0.15, -0.1) is 0 Å². The molecule has 3 aromatic rings. The smallest absolute Gasteiger partial charge is 0.309 e. The van der Waals surface area contributed by atoms with Gasteiger partial charge in [0.05, 0.1) is 25.9 Å². The zero-order valence-electron chi connectivity index (χ0n) is 12.9. The predicted octanol–water partition coefficient (Wildman–Crippen LogP) is 3.24. The molecule has 0 radical (unpaired) electrons. The quantitative estimate of drug-likeness (QED) is 0.680. The van der Waals surface area contributed by atoms with Crippen molar-refractivity contribution in [3.63, 3.8) is 0 Å². The van der Waals surface area contributed by atoms with E-state index in [1.807, 2.05) is 42.9 Å². The molecule has 3 rings (SSSR count). The normalized spacial score (nSPS) is 11.9. The Balaban J connectivity index is 1.93. The average Bonchev–Trinajstić information content (AvgIpc) is 3.12. The van der Waals surface area contributed by atoms with Gasteiger partial charge in [0, 0.05) is 12.4 Å². The first kappa shape index (κ1) is 15.0. The van der Waals surface area contributed by atoms with Crippen molar-refractivity contribution in [2.24, 2.45) is 0 Å². The predicted molar refractivity (Wildman–Crippen MR) is 88.1 cm³/mol. The standard InChI is InChI=1S/C19H18N2O2/c1-23-18(22)13-15-7-9-17(10-8-15)19(21-12-11-20-14-21)16-5-3-2-4-6-16/h2-12,14,19H,13H2,1H3. The van der Waals surface area contributed by atoms with Gasteiger partial charge in [0.15, 0.2) is 0 Å². The summed E-state index contributed by atoms with van der Waals surface area (Å²) in [4.78, 5) is 15.5. The number of esters is 1. The van der Waals surface area contributed by atoms with Gasteiger partial charge in [-0.05, 0) is 16.7 Å². The molecule has 0 spiro atoms. The highest BCUT2D eigenvalue weighted by atomic mass is 16.5. The minimum Gasteiger partial charge on any atom is -0.469 e. The third-order valence-corrected chi connectivity index (χ3v) is 3.81. The summed E-state index contributed by atoms with van der Waals surface area (Å²) in [7, 11) is 1.40. The molecule has 0 saturated carbocycles. The lowest BCUT2D eigenvalue weighted by molar-refractivity contribution is -0.139. The van der Waals surface area contributed by atoms with Gasteiger partial charge in [0.2, 0.25) is 0 Å². The molecule has 0 aliphatic carbocycles. The number of ether oxygens (including phenoxy) is 1. The largest absolute Gasteiger partial charge is 0.469 e. The van der Waals surface area contributed by atoms with E-state index in [9.17, 15) is 4.79 Å². The molecule has 1 unspecified atom stereocenters. The van der Waals surface area contributed by atoms with Gasteiger partial charge >= 0.3 is 5.97 Å². The van der Waals surface area contributed by atoms with E-state index in [0.717, 1.165) is 11.1 Å². The minimum absolute atomic E-state index is 0.0610. The number of hydrogen-bond donors (Lipinski definition) is 0. The number of aromatic nitrogens is 2. The molecular weight excluding hydrogens is 288 g/mol. The molecule has 23 heavy (non-hydrogen) atoms. The summed E-state index contributed by atoms with van der Waals surface area (Å²) in [6, 6.07) is 18.4. The highest BCUT2D eigenvalue weighted by Crippen LogP contribution is 2.26. The van der Waals surface area contributed by atoms with Gasteiger partial charge < -0.3 is 9.30 Å². The van der Waals surface area contributed by atoms with E-state index in [2.05, 4.69) is 33.8 Å². The summed E-state index contributed by atoms with van der Waals surface area (Å²) >= 11 is 0. The monoisotopic (exact) mass is 306 g/mol. The van der Waals surface area contributed by atoms with Crippen LogP contribution in [-0.4, -0.2) is 22.6 Å². The second-order valence-electron chi connectivity index (χ2n) is 5.32. The van der Waals surface area contributed by atoms with Crippen LogP contribution in [0.1, 0.15) is 22.7 Å². The maximum absolute atomic E-state index is 11.4. The zero-order chi connectivity index (χ0) is 16.1. The van der Waals surface area contributed by atoms with Gasteiger partial charge in [0.25, 0.3) is 0 Å². The van der Waals surface area contributed by atoms with Crippen molar-refractivity contribution >= 4 is 5.97 Å². The summed E-state index contributed by atoms with van der Waals surface area (Å²) in [5, 5.41) is 0. The Bertz CT molecular complexity index is 750. The Morgan fingerprint density at radius 2 is 1.78 bits per heavy atom. The summed E-state index contributed by atoms with van der Waals surface area (Å²) in [5.41, 5.74) is 3.27. The molecule has 0 saturated heterocycles. The Labute approximate surface area is 135 Å². The van der Waals surface area contributed by atoms with Crippen LogP contribution < -0.4 is 0 Å². The number of hydrogen-bond acceptors (Lipinski definition) is 3. The van der Waals surface area contributed by atoms with E-state index in [1.54, 1.807) is 6.20 Å². The second kappa shape index (κ2) is 6.92. The second-order valence-corrected chi connectivity index (χ2v) is 5.32. The maximum Gasteiger partial charge on any atom is 0.309 e. The van der Waals surface area contributed by atoms with Crippen molar-refractivity contribution in [2.75, 3.05) is 7.11 Å². The number of carbonyl (C=O) groups excluding carboxylic acids is 1. The van der Waals surface area contributed by atoms with E-state index < -0.39 is 0 Å². The number of rotatable bonds is 5. The van der Waals surface area contributed by atoms with E-state index in [4.69, 9.17) is 4.74 Å². The van der Waals surface area contributed by atoms with E-state index in [1.165, 1.54) is 12.7 Å². The summed E-state index contributed by atoms with van der Waals surface area (Å²) < 4.78 is 6.78. The highest BCUT2D eigenvalue weighted by Gasteiger charge is 2.15. The van der Waals surface area contributed by atoms with Crippen LogP contribution in [0.25, 0.3) is 0 Å². The van der Waals surface area contributed by atoms with Crippen molar-refractivity contribution in [3.05, 3.63) is 90.0 Å². The molecule has 0 aliphatic heterocycles. The molecule has 0 aliphatic rings. The Kier molecular flexibility index (Phi) is 4.52. The molecule has 116 valence electrons. The minimum atomic E-state index is -0.230. The van der Waals surface area contributed by atoms with Crippen molar-refractivity contribution in [1.29, 1.82) is 0 Å². The van der Waals surface area contributed by atoms with Gasteiger partial charge in [-0.2, -0.15) is 0 Å². The first-order chi connectivity index (χ1) is 11.3. The number of nitrogens with zero attached hydrogens (tertiary/aromatic N) is 2. The number of benzene rings is 2. The van der Waals surface area contributed by atoms with Gasteiger partial charge in [-0.3, -0.25) is 4.79 Å². The fraction of sp³-hybridized carbons (Fsp3) is 0.158. The molecule has 2 aromatic carbocycles. The van der Waals surface area contributed by atoms with E-state index >= 15 is 0 Å². The van der Waals surface area contributed by atoms with Crippen molar-refractivity contribution in [3.8, 4) is 0 Å². The number of carbonyl (C=O) groups is 1. The Hall–Kier alpha value is -2.88. The van der Waals surface area contributed by atoms with Gasteiger partial charge in [-0.25, -0.2) is 4.98 Å². The van der Waals surface area contributed by atoms with Crippen molar-refractivity contribution < 1.29 is 9.53 Å². The lowest BCUT2D eigenvalue weighted by Crippen LogP contribution is -2.11. The molecule has 0 N–H and O–H groups in total. The van der Waals surface area contributed by atoms with E-state index in [-0.39, 0.29) is 18.4 Å². The van der Waals surface area contributed by atoms with Gasteiger partial charge in [-0.1, -0.05) is 54.6 Å². The summed E-state index contributed by atoms with van der Waals surface area (Å²) in [5.74, 6) is -0.230. The van der Waals surface area contributed by atoms with Crippen LogP contribution in [0.3, 0.4) is 0 Å². The first-order valence-electron chi connectivity index (χ1n) is 7.46.